The molecule has 0 aromatic carbocycles. The lowest BCUT2D eigenvalue weighted by atomic mass is 10.3. The minimum absolute atomic E-state index is 0. The molecule has 0 bridgehead atoms. The third-order valence-electron chi connectivity index (χ3n) is 2.12. The van der Waals surface area contributed by atoms with Gasteiger partial charge in [-0.3, -0.25) is 9.69 Å². The number of rotatable bonds is 6. The van der Waals surface area contributed by atoms with Crippen LogP contribution in [0.3, 0.4) is 0 Å². The van der Waals surface area contributed by atoms with E-state index in [1.807, 2.05) is 13.8 Å². The monoisotopic (exact) mass is 295 g/mol. The molecule has 0 heterocycles. The quantitative estimate of drug-likeness (QED) is 0.765. The highest BCUT2D eigenvalue weighted by Crippen LogP contribution is 2.08. The Hall–Kier alpha value is -0.170. The highest BCUT2D eigenvalue weighted by molar-refractivity contribution is 5.85. The lowest BCUT2D eigenvalue weighted by Crippen LogP contribution is -2.45. The summed E-state index contributed by atoms with van der Waals surface area (Å²) in [7, 11) is 1.76. The fourth-order valence-electron chi connectivity index (χ4n) is 0.765. The van der Waals surface area contributed by atoms with Gasteiger partial charge in [-0.15, -0.1) is 24.8 Å². The van der Waals surface area contributed by atoms with Crippen LogP contribution < -0.4 is 11.1 Å². The lowest BCUT2D eigenvalue weighted by molar-refractivity contribution is -0.124. The molecule has 0 saturated heterocycles. The smallest absolute Gasteiger partial charge is 0.277 e. The second-order valence-corrected chi connectivity index (χ2v) is 3.85. The first kappa shape index (κ1) is 22.0. The van der Waals surface area contributed by atoms with Gasteiger partial charge in [-0.2, -0.15) is 0 Å². The van der Waals surface area contributed by atoms with Gasteiger partial charge in [-0.05, 0) is 20.9 Å². The Kier molecular flexibility index (Phi) is 12.7. The average molecular weight is 296 g/mol. The van der Waals surface area contributed by atoms with Gasteiger partial charge in [0.05, 0.1) is 19.6 Å². The van der Waals surface area contributed by atoms with Crippen LogP contribution in [0.15, 0.2) is 0 Å². The molecule has 106 valence electrons. The molecule has 3 N–H and O–H groups in total. The SMILES string of the molecule is CC(C)N(C)CC(=O)NCC(F)(F)CN.Cl.Cl. The van der Waals surface area contributed by atoms with E-state index in [1.165, 1.54) is 0 Å². The molecule has 0 aromatic rings. The molecular formula is C9H21Cl2F2N3O. The van der Waals surface area contributed by atoms with E-state index in [0.717, 1.165) is 0 Å². The molecule has 1 amide bonds. The van der Waals surface area contributed by atoms with Crippen LogP contribution in [0.5, 0.6) is 0 Å². The Bertz CT molecular complexity index is 218. The average Bonchev–Trinajstić information content (AvgIpc) is 2.15. The summed E-state index contributed by atoms with van der Waals surface area (Å²) in [6.45, 7) is 2.49. The first-order chi connectivity index (χ1) is 6.78. The molecule has 0 spiro atoms. The number of hydrogen-bond acceptors (Lipinski definition) is 3. The molecular weight excluding hydrogens is 275 g/mol. The summed E-state index contributed by atoms with van der Waals surface area (Å²) >= 11 is 0. The molecule has 0 rings (SSSR count). The van der Waals surface area contributed by atoms with E-state index in [2.05, 4.69) is 5.32 Å². The number of carbonyl (C=O) groups is 1. The molecule has 17 heavy (non-hydrogen) atoms. The van der Waals surface area contributed by atoms with Crippen molar-refractivity contribution in [3.05, 3.63) is 0 Å². The van der Waals surface area contributed by atoms with E-state index in [4.69, 9.17) is 5.73 Å². The van der Waals surface area contributed by atoms with Gasteiger partial charge < -0.3 is 11.1 Å². The van der Waals surface area contributed by atoms with Crippen molar-refractivity contribution in [1.82, 2.24) is 10.2 Å². The summed E-state index contributed by atoms with van der Waals surface area (Å²) in [4.78, 5) is 13.0. The zero-order valence-corrected chi connectivity index (χ0v) is 11.8. The van der Waals surface area contributed by atoms with Crippen molar-refractivity contribution in [2.75, 3.05) is 26.7 Å². The van der Waals surface area contributed by atoms with Crippen LogP contribution in [0.2, 0.25) is 0 Å². The molecule has 0 fully saturated rings. The number of amides is 1. The molecule has 0 aliphatic rings. The maximum atomic E-state index is 12.7. The number of halogens is 4. The van der Waals surface area contributed by atoms with Crippen LogP contribution in [-0.4, -0.2) is 49.5 Å². The largest absolute Gasteiger partial charge is 0.349 e. The van der Waals surface area contributed by atoms with Crippen molar-refractivity contribution in [1.29, 1.82) is 0 Å². The lowest BCUT2D eigenvalue weighted by Gasteiger charge is -2.21. The van der Waals surface area contributed by atoms with Crippen LogP contribution in [0.4, 0.5) is 8.78 Å². The third kappa shape index (κ3) is 10.7. The van der Waals surface area contributed by atoms with E-state index < -0.39 is 24.9 Å². The zero-order valence-electron chi connectivity index (χ0n) is 10.2. The second-order valence-electron chi connectivity index (χ2n) is 3.85. The van der Waals surface area contributed by atoms with Crippen LogP contribution >= 0.6 is 24.8 Å². The van der Waals surface area contributed by atoms with Crippen molar-refractivity contribution in [3.63, 3.8) is 0 Å². The molecule has 4 nitrogen and oxygen atoms in total. The maximum Gasteiger partial charge on any atom is 0.277 e. The number of hydrogen-bond donors (Lipinski definition) is 2. The Morgan fingerprint density at radius 1 is 1.41 bits per heavy atom. The van der Waals surface area contributed by atoms with Crippen molar-refractivity contribution >= 4 is 30.7 Å². The molecule has 0 radical (unpaired) electrons. The predicted octanol–water partition coefficient (Wildman–Crippen LogP) is 0.880. The minimum Gasteiger partial charge on any atom is -0.349 e. The van der Waals surface area contributed by atoms with Crippen LogP contribution in [0.1, 0.15) is 13.8 Å². The van der Waals surface area contributed by atoms with E-state index in [0.29, 0.717) is 0 Å². The van der Waals surface area contributed by atoms with E-state index in [1.54, 1.807) is 11.9 Å². The van der Waals surface area contributed by atoms with Gasteiger partial charge in [0, 0.05) is 6.04 Å². The molecule has 0 saturated carbocycles. The highest BCUT2D eigenvalue weighted by atomic mass is 35.5. The zero-order chi connectivity index (χ0) is 12.1. The van der Waals surface area contributed by atoms with Crippen molar-refractivity contribution in [2.24, 2.45) is 5.73 Å². The summed E-state index contributed by atoms with van der Waals surface area (Å²) in [5.74, 6) is -3.44. The van der Waals surface area contributed by atoms with Gasteiger partial charge in [0.15, 0.2) is 0 Å². The molecule has 0 unspecified atom stereocenters. The number of nitrogens with zero attached hydrogens (tertiary/aromatic N) is 1. The third-order valence-corrected chi connectivity index (χ3v) is 2.12. The second kappa shape index (κ2) is 9.82. The summed E-state index contributed by atoms with van der Waals surface area (Å²) < 4.78 is 25.3. The van der Waals surface area contributed by atoms with Gasteiger partial charge in [-0.1, -0.05) is 0 Å². The van der Waals surface area contributed by atoms with Gasteiger partial charge >= 0.3 is 0 Å². The van der Waals surface area contributed by atoms with Gasteiger partial charge in [0.25, 0.3) is 5.92 Å². The summed E-state index contributed by atoms with van der Waals surface area (Å²) in [6, 6.07) is 0.200. The number of carbonyl (C=O) groups excluding carboxylic acids is 1. The van der Waals surface area contributed by atoms with Gasteiger partial charge in [-0.25, -0.2) is 8.78 Å². The Morgan fingerprint density at radius 2 is 1.88 bits per heavy atom. The van der Waals surface area contributed by atoms with Crippen molar-refractivity contribution in [3.8, 4) is 0 Å². The first-order valence-corrected chi connectivity index (χ1v) is 4.83. The fraction of sp³-hybridized carbons (Fsp3) is 0.889. The van der Waals surface area contributed by atoms with E-state index in [9.17, 15) is 13.6 Å². The fourth-order valence-corrected chi connectivity index (χ4v) is 0.765. The maximum absolute atomic E-state index is 12.7. The standard InChI is InChI=1S/C9H19F2N3O.2ClH/c1-7(2)14(3)4-8(15)13-6-9(10,11)5-12;;/h7H,4-6,12H2,1-3H3,(H,13,15);2*1H. The van der Waals surface area contributed by atoms with Crippen LogP contribution in [0, 0.1) is 0 Å². The number of likely N-dealkylation sites (N-methyl/N-ethyl adjacent to an activating group) is 1. The Balaban J connectivity index is -0.000000980. The first-order valence-electron chi connectivity index (χ1n) is 4.83. The summed E-state index contributed by atoms with van der Waals surface area (Å²) in [5, 5.41) is 2.15. The summed E-state index contributed by atoms with van der Waals surface area (Å²) in [5.41, 5.74) is 4.83. The number of nitrogens with one attached hydrogen (secondary N) is 1. The molecule has 0 aliphatic carbocycles. The molecule has 8 heteroatoms. The topological polar surface area (TPSA) is 58.4 Å². The van der Waals surface area contributed by atoms with Crippen LogP contribution in [0.25, 0.3) is 0 Å². The number of alkyl halides is 2. The molecule has 0 aromatic heterocycles. The highest BCUT2D eigenvalue weighted by Gasteiger charge is 2.27. The van der Waals surface area contributed by atoms with Crippen molar-refractivity contribution < 1.29 is 13.6 Å². The number of nitrogens with two attached hydrogens (primary N) is 1. The van der Waals surface area contributed by atoms with Gasteiger partial charge in [0.2, 0.25) is 5.91 Å². The molecule has 0 atom stereocenters. The minimum atomic E-state index is -3.02. The molecule has 0 aliphatic heterocycles. The van der Waals surface area contributed by atoms with E-state index >= 15 is 0 Å². The van der Waals surface area contributed by atoms with Crippen LogP contribution in [-0.2, 0) is 4.79 Å². The Labute approximate surface area is 113 Å². The Morgan fingerprint density at radius 3 is 2.24 bits per heavy atom. The van der Waals surface area contributed by atoms with E-state index in [-0.39, 0.29) is 37.4 Å². The normalized spacial score (nSPS) is 10.8. The van der Waals surface area contributed by atoms with Crippen molar-refractivity contribution in [2.45, 2.75) is 25.8 Å². The predicted molar refractivity (Wildman–Crippen MR) is 69.3 cm³/mol. The van der Waals surface area contributed by atoms with Gasteiger partial charge in [0.1, 0.15) is 0 Å². The summed E-state index contributed by atoms with van der Waals surface area (Å²) in [6.07, 6.45) is 0.